The summed E-state index contributed by atoms with van der Waals surface area (Å²) >= 11 is 0. The lowest BCUT2D eigenvalue weighted by molar-refractivity contribution is 0.00578. The van der Waals surface area contributed by atoms with Gasteiger partial charge in [-0.25, -0.2) is 4.79 Å². The molecule has 2 N–H and O–H groups in total. The van der Waals surface area contributed by atoms with Gasteiger partial charge in [-0.15, -0.1) is 0 Å². The van der Waals surface area contributed by atoms with E-state index in [9.17, 15) is 4.79 Å². The molecule has 1 aliphatic heterocycles. The number of alkyl carbamates (subject to hydrolysis) is 1. The van der Waals surface area contributed by atoms with E-state index in [-0.39, 0.29) is 0 Å². The molecule has 1 amide bonds. The van der Waals surface area contributed by atoms with E-state index in [1.165, 1.54) is 0 Å². The monoisotopic (exact) mass is 392 g/mol. The van der Waals surface area contributed by atoms with Gasteiger partial charge in [0.2, 0.25) is 0 Å². The lowest BCUT2D eigenvalue weighted by Gasteiger charge is -2.32. The zero-order valence-corrected chi connectivity index (χ0v) is 18.3. The number of hydrogen-bond donors (Lipinski definition) is 2. The van der Waals surface area contributed by atoms with Crippen LogP contribution in [0.1, 0.15) is 48.5 Å². The molecule has 1 heterocycles. The number of rotatable bonds is 6. The predicted molar refractivity (Wildman–Crippen MR) is 111 cm³/mol. The average molecular weight is 392 g/mol. The van der Waals surface area contributed by atoms with Crippen LogP contribution in [0.3, 0.4) is 0 Å². The molecule has 156 valence electrons. The smallest absolute Gasteiger partial charge is 0.494 e. The normalized spacial score (nSPS) is 17.9. The summed E-state index contributed by atoms with van der Waals surface area (Å²) in [5.74, 6) is 0.685. The van der Waals surface area contributed by atoms with E-state index in [1.807, 2.05) is 66.7 Å². The second-order valence-electron chi connectivity index (χ2n) is 8.90. The molecular formula is C20H33BN2O5. The molecule has 0 aromatic heterocycles. The minimum atomic E-state index is -0.510. The van der Waals surface area contributed by atoms with Crippen LogP contribution in [0.4, 0.5) is 10.5 Å². The van der Waals surface area contributed by atoms with Crippen LogP contribution in [0, 0.1) is 0 Å². The maximum atomic E-state index is 11.7. The average Bonchev–Trinajstić information content (AvgIpc) is 2.78. The maximum Gasteiger partial charge on any atom is 0.494 e. The highest BCUT2D eigenvalue weighted by atomic mass is 16.7. The minimum absolute atomic E-state index is 0.394. The molecule has 0 radical (unpaired) electrons. The Morgan fingerprint density at radius 1 is 1.11 bits per heavy atom. The number of methoxy groups -OCH3 is 1. The number of hydrogen-bond acceptors (Lipinski definition) is 6. The van der Waals surface area contributed by atoms with Gasteiger partial charge < -0.3 is 29.4 Å². The third-order valence-electron chi connectivity index (χ3n) is 4.86. The predicted octanol–water partition coefficient (Wildman–Crippen LogP) is 2.93. The van der Waals surface area contributed by atoms with Gasteiger partial charge in [-0.3, -0.25) is 0 Å². The van der Waals surface area contributed by atoms with Gasteiger partial charge in [-0.05, 0) is 66.1 Å². The molecule has 0 unspecified atom stereocenters. The van der Waals surface area contributed by atoms with Crippen LogP contribution < -0.4 is 20.8 Å². The Morgan fingerprint density at radius 2 is 1.71 bits per heavy atom. The molecule has 8 heteroatoms. The first kappa shape index (κ1) is 22.4. The van der Waals surface area contributed by atoms with E-state index in [1.54, 1.807) is 7.11 Å². The highest BCUT2D eigenvalue weighted by Crippen LogP contribution is 2.37. The second kappa shape index (κ2) is 8.21. The van der Waals surface area contributed by atoms with Crippen molar-refractivity contribution in [3.05, 3.63) is 18.2 Å². The van der Waals surface area contributed by atoms with Crippen molar-refractivity contribution in [3.8, 4) is 5.75 Å². The SMILES string of the molecule is COc1cc(B2OC(C)(C)C(C)(C)O2)ccc1NCCNC(=O)OC(C)(C)C. The zero-order valence-electron chi connectivity index (χ0n) is 18.3. The fourth-order valence-corrected chi connectivity index (χ4v) is 2.66. The Kier molecular flexibility index (Phi) is 6.56. The third-order valence-corrected chi connectivity index (χ3v) is 4.86. The van der Waals surface area contributed by atoms with E-state index < -0.39 is 30.0 Å². The van der Waals surface area contributed by atoms with E-state index in [0.29, 0.717) is 18.8 Å². The van der Waals surface area contributed by atoms with Gasteiger partial charge in [0, 0.05) is 13.1 Å². The molecule has 0 bridgehead atoms. The summed E-state index contributed by atoms with van der Waals surface area (Å²) in [6, 6.07) is 5.78. The summed E-state index contributed by atoms with van der Waals surface area (Å²) in [5.41, 5.74) is 0.427. The molecule has 1 saturated heterocycles. The summed E-state index contributed by atoms with van der Waals surface area (Å²) in [4.78, 5) is 11.7. The summed E-state index contributed by atoms with van der Waals surface area (Å²) < 4.78 is 22.9. The van der Waals surface area contributed by atoms with E-state index in [4.69, 9.17) is 18.8 Å². The lowest BCUT2D eigenvalue weighted by atomic mass is 9.79. The zero-order chi connectivity index (χ0) is 21.2. The molecule has 0 saturated carbocycles. The van der Waals surface area contributed by atoms with Gasteiger partial charge in [0.05, 0.1) is 24.0 Å². The molecule has 0 aliphatic carbocycles. The minimum Gasteiger partial charge on any atom is -0.495 e. The number of ether oxygens (including phenoxy) is 2. The molecule has 1 aromatic rings. The molecule has 0 spiro atoms. The molecule has 1 fully saturated rings. The Morgan fingerprint density at radius 3 is 2.25 bits per heavy atom. The Balaban J connectivity index is 1.94. The second-order valence-corrected chi connectivity index (χ2v) is 8.90. The lowest BCUT2D eigenvalue weighted by Crippen LogP contribution is -2.41. The quantitative estimate of drug-likeness (QED) is 0.573. The van der Waals surface area contributed by atoms with Gasteiger partial charge >= 0.3 is 13.2 Å². The van der Waals surface area contributed by atoms with Crippen LogP contribution >= 0.6 is 0 Å². The molecule has 1 aliphatic rings. The first-order valence-electron chi connectivity index (χ1n) is 9.59. The largest absolute Gasteiger partial charge is 0.495 e. The van der Waals surface area contributed by atoms with Crippen molar-refractivity contribution in [2.75, 3.05) is 25.5 Å². The molecule has 28 heavy (non-hydrogen) atoms. The third kappa shape index (κ3) is 5.55. The van der Waals surface area contributed by atoms with E-state index in [2.05, 4.69) is 10.6 Å². The van der Waals surface area contributed by atoms with Crippen LogP contribution in [0.5, 0.6) is 5.75 Å². The molecule has 0 atom stereocenters. The first-order chi connectivity index (χ1) is 12.8. The van der Waals surface area contributed by atoms with Crippen LogP contribution in [0.15, 0.2) is 18.2 Å². The number of anilines is 1. The fraction of sp³-hybridized carbons (Fsp3) is 0.650. The van der Waals surface area contributed by atoms with Crippen LogP contribution in [0.25, 0.3) is 0 Å². The van der Waals surface area contributed by atoms with Crippen molar-refractivity contribution in [2.45, 2.75) is 65.3 Å². The molecule has 2 rings (SSSR count). The van der Waals surface area contributed by atoms with E-state index >= 15 is 0 Å². The van der Waals surface area contributed by atoms with Crippen molar-refractivity contribution in [2.24, 2.45) is 0 Å². The number of carbonyl (C=O) groups is 1. The van der Waals surface area contributed by atoms with Crippen LogP contribution in [-0.2, 0) is 14.0 Å². The summed E-state index contributed by atoms with van der Waals surface area (Å²) in [7, 11) is 1.18. The summed E-state index contributed by atoms with van der Waals surface area (Å²) in [6.45, 7) is 14.6. The number of carbonyl (C=O) groups excluding carboxylic acids is 1. The molecule has 1 aromatic carbocycles. The van der Waals surface area contributed by atoms with E-state index in [0.717, 1.165) is 11.2 Å². The van der Waals surface area contributed by atoms with Gasteiger partial charge in [0.25, 0.3) is 0 Å². The topological polar surface area (TPSA) is 78.0 Å². The van der Waals surface area contributed by atoms with Crippen LogP contribution in [-0.4, -0.2) is 50.2 Å². The van der Waals surface area contributed by atoms with Crippen molar-refractivity contribution < 1.29 is 23.6 Å². The Bertz CT molecular complexity index is 684. The van der Waals surface area contributed by atoms with Crippen molar-refractivity contribution in [1.29, 1.82) is 0 Å². The number of benzene rings is 1. The van der Waals surface area contributed by atoms with Gasteiger partial charge in [0.15, 0.2) is 0 Å². The maximum absolute atomic E-state index is 11.7. The standard InChI is InChI=1S/C20H33BN2O5/c1-18(2,3)26-17(24)23-12-11-22-15-10-9-14(13-16(15)25-8)21-27-19(4,5)20(6,7)28-21/h9-10,13,22H,11-12H2,1-8H3,(H,23,24). The van der Waals surface area contributed by atoms with Gasteiger partial charge in [-0.2, -0.15) is 0 Å². The Hall–Kier alpha value is -1.93. The van der Waals surface area contributed by atoms with Crippen LogP contribution in [0.2, 0.25) is 0 Å². The highest BCUT2D eigenvalue weighted by molar-refractivity contribution is 6.62. The van der Waals surface area contributed by atoms with Crippen molar-refractivity contribution in [1.82, 2.24) is 5.32 Å². The summed E-state index contributed by atoms with van der Waals surface area (Å²) in [5, 5.41) is 5.97. The Labute approximate surface area is 168 Å². The molecular weight excluding hydrogens is 359 g/mol. The fourth-order valence-electron chi connectivity index (χ4n) is 2.66. The van der Waals surface area contributed by atoms with Crippen molar-refractivity contribution >= 4 is 24.4 Å². The number of amides is 1. The van der Waals surface area contributed by atoms with Crippen molar-refractivity contribution in [3.63, 3.8) is 0 Å². The van der Waals surface area contributed by atoms with Gasteiger partial charge in [-0.1, -0.05) is 6.07 Å². The molecule has 7 nitrogen and oxygen atoms in total. The highest BCUT2D eigenvalue weighted by Gasteiger charge is 2.51. The first-order valence-corrected chi connectivity index (χ1v) is 9.59. The van der Waals surface area contributed by atoms with Gasteiger partial charge in [0.1, 0.15) is 11.4 Å². The summed E-state index contributed by atoms with van der Waals surface area (Å²) in [6.07, 6.45) is -0.433. The number of nitrogens with one attached hydrogen (secondary N) is 2.